The van der Waals surface area contributed by atoms with Crippen molar-refractivity contribution in [1.82, 2.24) is 4.90 Å². The quantitative estimate of drug-likeness (QED) is 0.334. The van der Waals surface area contributed by atoms with Crippen LogP contribution in [-0.2, 0) is 16.1 Å². The number of rotatable bonds is 6. The fourth-order valence-corrected chi connectivity index (χ4v) is 2.87. The van der Waals surface area contributed by atoms with Crippen molar-refractivity contribution in [3.8, 4) is 0 Å². The lowest BCUT2D eigenvalue weighted by Crippen LogP contribution is -2.26. The zero-order valence-corrected chi connectivity index (χ0v) is 14.8. The lowest BCUT2D eigenvalue weighted by atomic mass is 9.97. The van der Waals surface area contributed by atoms with Crippen LogP contribution in [0.1, 0.15) is 32.3 Å². The van der Waals surface area contributed by atoms with Crippen LogP contribution in [0.4, 0.5) is 0 Å². The van der Waals surface area contributed by atoms with E-state index in [0.717, 1.165) is 17.6 Å². The number of benzene rings is 1. The van der Waals surface area contributed by atoms with E-state index in [4.69, 9.17) is 10.3 Å². The van der Waals surface area contributed by atoms with Crippen molar-refractivity contribution in [2.24, 2.45) is 5.11 Å². The van der Waals surface area contributed by atoms with Gasteiger partial charge in [-0.15, -0.1) is 0 Å². The normalized spacial score (nSPS) is 21.7. The molecule has 0 aromatic heterocycles. The van der Waals surface area contributed by atoms with Crippen LogP contribution in [0.2, 0.25) is 0 Å². The fraction of sp³-hybridized carbons (Fsp3) is 0.421. The number of carbonyl (C=O) groups is 1. The Morgan fingerprint density at radius 3 is 2.76 bits per heavy atom. The highest BCUT2D eigenvalue weighted by atomic mass is 16.5. The van der Waals surface area contributed by atoms with Crippen LogP contribution >= 0.6 is 0 Å². The first kappa shape index (κ1) is 18.6. The predicted octanol–water partition coefficient (Wildman–Crippen LogP) is 4.35. The fourth-order valence-electron chi connectivity index (χ4n) is 2.87. The van der Waals surface area contributed by atoms with Gasteiger partial charge in [-0.25, -0.2) is 4.79 Å². The first-order valence-corrected chi connectivity index (χ1v) is 8.59. The van der Waals surface area contributed by atoms with E-state index in [9.17, 15) is 4.79 Å². The molecule has 6 heteroatoms. The van der Waals surface area contributed by atoms with Gasteiger partial charge >= 0.3 is 5.97 Å². The molecule has 1 heterocycles. The maximum Gasteiger partial charge on any atom is 0.339 e. The summed E-state index contributed by atoms with van der Waals surface area (Å²) in [6.07, 6.45) is 5.10. The van der Waals surface area contributed by atoms with Crippen molar-refractivity contribution in [1.29, 1.82) is 0 Å². The largest absolute Gasteiger partial charge is 0.462 e. The molecule has 0 fully saturated rings. The molecule has 1 aromatic rings. The van der Waals surface area contributed by atoms with Gasteiger partial charge in [0.25, 0.3) is 0 Å². The number of hydrogen-bond donors (Lipinski definition) is 0. The lowest BCUT2D eigenvalue weighted by Gasteiger charge is -2.26. The molecule has 1 aliphatic rings. The Bertz CT molecular complexity index is 691. The molecule has 0 saturated carbocycles. The monoisotopic (exact) mass is 340 g/mol. The maximum absolute atomic E-state index is 12.3. The summed E-state index contributed by atoms with van der Waals surface area (Å²) >= 11 is 0. The standard InChI is InChI=1S/C19H24N4O2/c1-3-16-12-17(19(24)25-4-2)14-23(11-10-18(16)21-22-20)13-15-8-6-5-7-9-15/h5-9,12,14,18H,3-4,10-11,13H2,1-2H3/b16-12-,17-14+. The van der Waals surface area contributed by atoms with Crippen molar-refractivity contribution >= 4 is 5.97 Å². The Labute approximate surface area is 148 Å². The van der Waals surface area contributed by atoms with Crippen LogP contribution in [0.15, 0.2) is 58.9 Å². The van der Waals surface area contributed by atoms with Gasteiger partial charge in [0.05, 0.1) is 18.2 Å². The highest BCUT2D eigenvalue weighted by Crippen LogP contribution is 2.22. The molecule has 0 radical (unpaired) electrons. The molecule has 25 heavy (non-hydrogen) atoms. The molecule has 0 bridgehead atoms. The second kappa shape index (κ2) is 9.55. The molecule has 1 unspecified atom stereocenters. The van der Waals surface area contributed by atoms with Gasteiger partial charge in [-0.2, -0.15) is 0 Å². The van der Waals surface area contributed by atoms with E-state index in [2.05, 4.69) is 27.1 Å². The average molecular weight is 340 g/mol. The molecule has 6 nitrogen and oxygen atoms in total. The van der Waals surface area contributed by atoms with Gasteiger partial charge in [-0.05, 0) is 36.9 Å². The number of ether oxygens (including phenoxy) is 1. The summed E-state index contributed by atoms with van der Waals surface area (Å²) in [5.41, 5.74) is 11.5. The van der Waals surface area contributed by atoms with E-state index in [1.165, 1.54) is 0 Å². The number of esters is 1. The van der Waals surface area contributed by atoms with E-state index >= 15 is 0 Å². The molecule has 132 valence electrons. The van der Waals surface area contributed by atoms with Crippen molar-refractivity contribution in [3.63, 3.8) is 0 Å². The van der Waals surface area contributed by atoms with E-state index in [0.29, 0.717) is 31.7 Å². The van der Waals surface area contributed by atoms with Gasteiger partial charge < -0.3 is 9.64 Å². The molecular weight excluding hydrogens is 316 g/mol. The number of azide groups is 1. The molecule has 0 aliphatic carbocycles. The number of nitrogens with zero attached hydrogens (tertiary/aromatic N) is 4. The Morgan fingerprint density at radius 2 is 2.12 bits per heavy atom. The third-order valence-corrected chi connectivity index (χ3v) is 4.12. The van der Waals surface area contributed by atoms with Crippen LogP contribution < -0.4 is 0 Å². The molecule has 0 N–H and O–H groups in total. The first-order valence-electron chi connectivity index (χ1n) is 8.59. The molecular formula is C19H24N4O2. The van der Waals surface area contributed by atoms with E-state index in [1.54, 1.807) is 6.92 Å². The Kier molecular flexibility index (Phi) is 7.11. The van der Waals surface area contributed by atoms with Crippen LogP contribution in [0, 0.1) is 0 Å². The summed E-state index contributed by atoms with van der Waals surface area (Å²) < 4.78 is 5.18. The maximum atomic E-state index is 12.3. The zero-order chi connectivity index (χ0) is 18.1. The second-order valence-electron chi connectivity index (χ2n) is 5.84. The van der Waals surface area contributed by atoms with Crippen molar-refractivity contribution in [2.75, 3.05) is 13.2 Å². The SMILES string of the molecule is CCOC(=O)C1=C/N(Cc2ccccc2)CCC(N=[N+]=[N-])/C(CC)=C\1. The summed E-state index contributed by atoms with van der Waals surface area (Å²) in [6, 6.07) is 9.82. The van der Waals surface area contributed by atoms with Crippen LogP contribution in [0.25, 0.3) is 10.4 Å². The summed E-state index contributed by atoms with van der Waals surface area (Å²) in [7, 11) is 0. The Morgan fingerprint density at radius 1 is 1.36 bits per heavy atom. The van der Waals surface area contributed by atoms with Gasteiger partial charge in [-0.1, -0.05) is 47.9 Å². The smallest absolute Gasteiger partial charge is 0.339 e. The van der Waals surface area contributed by atoms with Gasteiger partial charge in [0, 0.05) is 24.2 Å². The third kappa shape index (κ3) is 5.40. The van der Waals surface area contributed by atoms with E-state index in [-0.39, 0.29) is 12.0 Å². The van der Waals surface area contributed by atoms with Gasteiger partial charge in [0.15, 0.2) is 0 Å². The minimum atomic E-state index is -0.354. The van der Waals surface area contributed by atoms with Gasteiger partial charge in [-0.3, -0.25) is 0 Å². The molecule has 0 spiro atoms. The summed E-state index contributed by atoms with van der Waals surface area (Å²) in [5.74, 6) is -0.354. The number of carbonyl (C=O) groups excluding carboxylic acids is 1. The minimum absolute atomic E-state index is 0.244. The van der Waals surface area contributed by atoms with E-state index in [1.807, 2.05) is 37.4 Å². The van der Waals surface area contributed by atoms with Crippen molar-refractivity contribution in [2.45, 2.75) is 39.3 Å². The highest BCUT2D eigenvalue weighted by molar-refractivity contribution is 5.91. The zero-order valence-electron chi connectivity index (χ0n) is 14.8. The highest BCUT2D eigenvalue weighted by Gasteiger charge is 2.20. The number of hydrogen-bond acceptors (Lipinski definition) is 4. The van der Waals surface area contributed by atoms with E-state index < -0.39 is 0 Å². The first-order chi connectivity index (χ1) is 12.2. The van der Waals surface area contributed by atoms with Gasteiger partial charge in [0.1, 0.15) is 0 Å². The second-order valence-corrected chi connectivity index (χ2v) is 5.84. The molecule has 0 amide bonds. The summed E-state index contributed by atoms with van der Waals surface area (Å²) in [5, 5.41) is 3.93. The molecule has 1 aromatic carbocycles. The molecule has 1 aliphatic heterocycles. The van der Waals surface area contributed by atoms with Crippen molar-refractivity contribution < 1.29 is 9.53 Å². The van der Waals surface area contributed by atoms with Crippen LogP contribution in [0.3, 0.4) is 0 Å². The lowest BCUT2D eigenvalue weighted by molar-refractivity contribution is -0.138. The third-order valence-electron chi connectivity index (χ3n) is 4.12. The van der Waals surface area contributed by atoms with Crippen LogP contribution in [0.5, 0.6) is 0 Å². The summed E-state index contributed by atoms with van der Waals surface area (Å²) in [4.78, 5) is 17.4. The van der Waals surface area contributed by atoms with Gasteiger partial charge in [0.2, 0.25) is 0 Å². The summed E-state index contributed by atoms with van der Waals surface area (Å²) in [6.45, 7) is 5.49. The topological polar surface area (TPSA) is 78.3 Å². The Balaban J connectivity index is 2.35. The minimum Gasteiger partial charge on any atom is -0.462 e. The Hall–Kier alpha value is -2.72. The predicted molar refractivity (Wildman–Crippen MR) is 97.5 cm³/mol. The van der Waals surface area contributed by atoms with Crippen LogP contribution in [-0.4, -0.2) is 30.1 Å². The van der Waals surface area contributed by atoms with Crippen molar-refractivity contribution in [3.05, 3.63) is 69.8 Å². The molecule has 1 atom stereocenters. The molecule has 2 rings (SSSR count). The molecule has 0 saturated heterocycles. The average Bonchev–Trinajstić information content (AvgIpc) is 2.61.